The third-order valence-corrected chi connectivity index (χ3v) is 7.79. The maximum atomic E-state index is 13.4. The molecule has 0 spiro atoms. The number of benzene rings is 1. The van der Waals surface area contributed by atoms with Gasteiger partial charge in [-0.05, 0) is 30.9 Å². The largest absolute Gasteiger partial charge is 0.384 e. The predicted molar refractivity (Wildman–Crippen MR) is 137 cm³/mol. The fraction of sp³-hybridized carbons (Fsp3) is 0.625. The number of nitrogens with zero attached hydrogens (tertiary/aromatic N) is 2. The molecule has 0 aromatic heterocycles. The lowest BCUT2D eigenvalue weighted by atomic mass is 9.98. The van der Waals surface area contributed by atoms with Gasteiger partial charge in [0.15, 0.2) is 0 Å². The molecule has 11 nitrogen and oxygen atoms in total. The Bertz CT molecular complexity index is 1020. The second kappa shape index (κ2) is 13.1. The maximum absolute atomic E-state index is 13.4. The minimum absolute atomic E-state index is 0.0555. The van der Waals surface area contributed by atoms with E-state index in [0.717, 1.165) is 25.7 Å². The van der Waals surface area contributed by atoms with E-state index in [0.29, 0.717) is 37.3 Å². The van der Waals surface area contributed by atoms with Crippen LogP contribution in [0.2, 0.25) is 0 Å². The van der Waals surface area contributed by atoms with Crippen LogP contribution in [0.5, 0.6) is 0 Å². The molecule has 5 N–H and O–H groups in total. The van der Waals surface area contributed by atoms with Crippen molar-refractivity contribution in [3.8, 4) is 0 Å². The topological polar surface area (TPSA) is 158 Å². The summed E-state index contributed by atoms with van der Waals surface area (Å²) in [7, 11) is -4.00. The fourth-order valence-electron chi connectivity index (χ4n) is 4.61. The summed E-state index contributed by atoms with van der Waals surface area (Å²) >= 11 is 0. The Morgan fingerprint density at radius 1 is 1.14 bits per heavy atom. The van der Waals surface area contributed by atoms with Crippen LogP contribution in [0.3, 0.4) is 0 Å². The SMILES string of the molecule is CC(=O)N1CCN(C(=O)C(Cc2cccc(C(=N)N)c2)NS(=O)(=O)NCCOC2CCCCC2)CC1. The second-order valence-electron chi connectivity index (χ2n) is 9.35. The van der Waals surface area contributed by atoms with E-state index < -0.39 is 16.3 Å². The summed E-state index contributed by atoms with van der Waals surface area (Å²) in [6, 6.07) is 5.78. The normalized spacial score (nSPS) is 18.1. The lowest BCUT2D eigenvalue weighted by Crippen LogP contribution is -2.57. The Morgan fingerprint density at radius 2 is 1.81 bits per heavy atom. The minimum atomic E-state index is -4.00. The number of nitrogen functional groups attached to an aromatic ring is 1. The zero-order valence-corrected chi connectivity index (χ0v) is 21.7. The number of carbonyl (C=O) groups is 2. The molecule has 1 aromatic rings. The molecular formula is C24H38N6O5S. The van der Waals surface area contributed by atoms with Gasteiger partial charge in [-0.15, -0.1) is 0 Å². The van der Waals surface area contributed by atoms with Crippen molar-refractivity contribution in [1.82, 2.24) is 19.2 Å². The van der Waals surface area contributed by atoms with Crippen molar-refractivity contribution in [3.63, 3.8) is 0 Å². The summed E-state index contributed by atoms with van der Waals surface area (Å²) in [5.41, 5.74) is 6.76. The average Bonchev–Trinajstić information content (AvgIpc) is 2.86. The molecule has 2 fully saturated rings. The molecule has 0 bridgehead atoms. The molecule has 2 amide bonds. The number of nitrogens with two attached hydrogens (primary N) is 1. The zero-order chi connectivity index (χ0) is 26.1. The fourth-order valence-corrected chi connectivity index (χ4v) is 5.60. The van der Waals surface area contributed by atoms with Crippen molar-refractivity contribution in [1.29, 1.82) is 5.41 Å². The summed E-state index contributed by atoms with van der Waals surface area (Å²) in [5, 5.41) is 7.66. The van der Waals surface area contributed by atoms with Gasteiger partial charge in [0, 0.05) is 45.2 Å². The smallest absolute Gasteiger partial charge is 0.277 e. The molecule has 1 saturated heterocycles. The molecule has 1 saturated carbocycles. The monoisotopic (exact) mass is 522 g/mol. The van der Waals surface area contributed by atoms with E-state index in [1.165, 1.54) is 13.3 Å². The van der Waals surface area contributed by atoms with Gasteiger partial charge in [0.1, 0.15) is 11.9 Å². The van der Waals surface area contributed by atoms with Crippen LogP contribution in [-0.2, 0) is 31.0 Å². The zero-order valence-electron chi connectivity index (χ0n) is 20.9. The van der Waals surface area contributed by atoms with E-state index in [1.54, 1.807) is 34.1 Å². The first-order valence-electron chi connectivity index (χ1n) is 12.5. The van der Waals surface area contributed by atoms with E-state index in [1.807, 2.05) is 0 Å². The highest BCUT2D eigenvalue weighted by Crippen LogP contribution is 2.20. The van der Waals surface area contributed by atoms with Crippen LogP contribution in [0, 0.1) is 5.41 Å². The molecule has 1 aliphatic heterocycles. The van der Waals surface area contributed by atoms with Gasteiger partial charge in [-0.2, -0.15) is 17.9 Å². The molecule has 36 heavy (non-hydrogen) atoms. The molecule has 2 aliphatic rings. The van der Waals surface area contributed by atoms with Crippen LogP contribution in [0.1, 0.15) is 50.2 Å². The van der Waals surface area contributed by atoms with E-state index in [4.69, 9.17) is 15.9 Å². The maximum Gasteiger partial charge on any atom is 0.277 e. The van der Waals surface area contributed by atoms with E-state index in [9.17, 15) is 18.0 Å². The number of piperazine rings is 1. The van der Waals surface area contributed by atoms with Crippen LogP contribution in [-0.4, -0.2) is 87.3 Å². The Balaban J connectivity index is 1.65. The lowest BCUT2D eigenvalue weighted by molar-refractivity contribution is -0.139. The van der Waals surface area contributed by atoms with Gasteiger partial charge in [0.05, 0.1) is 12.7 Å². The number of hydrogen-bond donors (Lipinski definition) is 4. The van der Waals surface area contributed by atoms with Gasteiger partial charge in [-0.3, -0.25) is 15.0 Å². The minimum Gasteiger partial charge on any atom is -0.384 e. The molecule has 12 heteroatoms. The quantitative estimate of drug-likeness (QED) is 0.186. The van der Waals surface area contributed by atoms with Crippen molar-refractivity contribution in [2.75, 3.05) is 39.3 Å². The lowest BCUT2D eigenvalue weighted by Gasteiger charge is -2.36. The van der Waals surface area contributed by atoms with E-state index in [2.05, 4.69) is 9.44 Å². The highest BCUT2D eigenvalue weighted by molar-refractivity contribution is 7.87. The first-order chi connectivity index (χ1) is 17.1. The van der Waals surface area contributed by atoms with Crippen molar-refractivity contribution in [2.45, 2.75) is 57.6 Å². The molecule has 0 radical (unpaired) electrons. The van der Waals surface area contributed by atoms with Crippen molar-refractivity contribution in [2.24, 2.45) is 5.73 Å². The molecule has 200 valence electrons. The molecule has 1 unspecified atom stereocenters. The number of amides is 2. The van der Waals surface area contributed by atoms with Crippen molar-refractivity contribution >= 4 is 27.9 Å². The summed E-state index contributed by atoms with van der Waals surface area (Å²) < 4.78 is 36.4. The molecular weight excluding hydrogens is 484 g/mol. The second-order valence-corrected chi connectivity index (χ2v) is 10.9. The van der Waals surface area contributed by atoms with Gasteiger partial charge in [-0.1, -0.05) is 37.5 Å². The van der Waals surface area contributed by atoms with E-state index in [-0.39, 0.29) is 43.3 Å². The van der Waals surface area contributed by atoms with Crippen LogP contribution >= 0.6 is 0 Å². The first-order valence-corrected chi connectivity index (χ1v) is 14.0. The first kappa shape index (κ1) is 28.0. The highest BCUT2D eigenvalue weighted by atomic mass is 32.2. The Morgan fingerprint density at radius 3 is 2.44 bits per heavy atom. The summed E-state index contributed by atoms with van der Waals surface area (Å²) in [6.45, 7) is 3.30. The number of amidine groups is 1. The van der Waals surface area contributed by atoms with Gasteiger partial charge in [-0.25, -0.2) is 0 Å². The molecule has 1 atom stereocenters. The summed E-state index contributed by atoms with van der Waals surface area (Å²) in [5.74, 6) is -0.532. The predicted octanol–water partition coefficient (Wildman–Crippen LogP) is 0.346. The third-order valence-electron chi connectivity index (χ3n) is 6.61. The number of nitrogens with one attached hydrogen (secondary N) is 3. The summed E-state index contributed by atoms with van der Waals surface area (Å²) in [4.78, 5) is 28.3. The standard InChI is InChI=1S/C24H38N6O5S/c1-18(31)29-11-13-30(14-12-29)24(32)22(17-19-6-5-7-20(16-19)23(25)26)28-36(33,34)27-10-15-35-21-8-3-2-4-9-21/h5-7,16,21-22,27-28H,2-4,8-15,17H2,1H3,(H3,25,26). The van der Waals surface area contributed by atoms with Crippen LogP contribution < -0.4 is 15.2 Å². The Hall–Kier alpha value is -2.54. The number of ether oxygens (including phenoxy) is 1. The van der Waals surface area contributed by atoms with E-state index >= 15 is 0 Å². The highest BCUT2D eigenvalue weighted by Gasteiger charge is 2.31. The summed E-state index contributed by atoms with van der Waals surface area (Å²) in [6.07, 6.45) is 5.74. The van der Waals surface area contributed by atoms with Crippen LogP contribution in [0.4, 0.5) is 0 Å². The van der Waals surface area contributed by atoms with Gasteiger partial charge < -0.3 is 20.3 Å². The van der Waals surface area contributed by atoms with Gasteiger partial charge in [0.2, 0.25) is 11.8 Å². The Kier molecular flexibility index (Phi) is 10.2. The van der Waals surface area contributed by atoms with Crippen LogP contribution in [0.15, 0.2) is 24.3 Å². The molecule has 3 rings (SSSR count). The number of hydrogen-bond acceptors (Lipinski definition) is 6. The number of carbonyl (C=O) groups excluding carboxylic acids is 2. The molecule has 1 heterocycles. The molecule has 1 aliphatic carbocycles. The van der Waals surface area contributed by atoms with Crippen LogP contribution in [0.25, 0.3) is 0 Å². The number of rotatable bonds is 11. The average molecular weight is 523 g/mol. The third kappa shape index (κ3) is 8.54. The van der Waals surface area contributed by atoms with Crippen molar-refractivity contribution < 1.29 is 22.7 Å². The van der Waals surface area contributed by atoms with Gasteiger partial charge in [0.25, 0.3) is 10.2 Å². The van der Waals surface area contributed by atoms with Crippen molar-refractivity contribution in [3.05, 3.63) is 35.4 Å². The Labute approximate surface area is 213 Å². The molecule has 1 aromatic carbocycles. The van der Waals surface area contributed by atoms with Gasteiger partial charge >= 0.3 is 0 Å².